The number of nitrogens with zero attached hydrogens (tertiary/aromatic N) is 2. The lowest BCUT2D eigenvalue weighted by atomic mass is 9.79. The van der Waals surface area contributed by atoms with E-state index in [9.17, 15) is 10.1 Å². The monoisotopic (exact) mass is 474 g/mol. The fraction of sp³-hybridized carbons (Fsp3) is 0.176. The second kappa shape index (κ2) is 8.42. The third-order valence-electron chi connectivity index (χ3n) is 4.24. The van der Waals surface area contributed by atoms with Gasteiger partial charge >= 0.3 is 0 Å². The number of alkyl halides is 1. The molecule has 0 saturated carbocycles. The van der Waals surface area contributed by atoms with Gasteiger partial charge in [-0.3, -0.25) is 15.5 Å². The Morgan fingerprint density at radius 3 is 2.79 bits per heavy atom. The van der Waals surface area contributed by atoms with Crippen molar-refractivity contribution in [3.63, 3.8) is 0 Å². The number of para-hydroxylation sites is 1. The highest BCUT2D eigenvalue weighted by Gasteiger charge is 2.48. The fourth-order valence-electron chi connectivity index (χ4n) is 3.09. The zero-order valence-corrected chi connectivity index (χ0v) is 18.0. The largest absolute Gasteiger partial charge is 0.375 e. The normalized spacial score (nSPS) is 21.3. The smallest absolute Gasteiger partial charge is 0.274 e. The molecule has 3 rings (SSSR count). The molecule has 11 heteroatoms. The second-order valence-corrected chi connectivity index (χ2v) is 8.83. The van der Waals surface area contributed by atoms with Gasteiger partial charge in [-0.1, -0.05) is 35.3 Å². The molecule has 1 aliphatic rings. The van der Waals surface area contributed by atoms with Crippen LogP contribution in [0.25, 0.3) is 0 Å². The Bertz CT molecular complexity index is 989. The number of fused-ring (bicyclic) bond motifs is 1. The predicted octanol–water partition coefficient (Wildman–Crippen LogP) is 4.92. The molecule has 0 amide bonds. The number of nitrogens with one attached hydrogen (secondary N) is 1. The van der Waals surface area contributed by atoms with E-state index >= 15 is 0 Å². The van der Waals surface area contributed by atoms with Crippen molar-refractivity contribution >= 4 is 75.8 Å². The quantitative estimate of drug-likeness (QED) is 0.214. The van der Waals surface area contributed by atoms with Crippen LogP contribution in [0.2, 0.25) is 10.0 Å². The SMILES string of the molecule is NC(=S)NN=CC1CSc2c(Cl)cc(Cl)cc2C1(Cl)c1ccccc1[N+](=O)[O-]. The molecule has 28 heavy (non-hydrogen) atoms. The van der Waals surface area contributed by atoms with Crippen molar-refractivity contribution in [2.24, 2.45) is 16.8 Å². The minimum atomic E-state index is -1.32. The number of thioether (sulfide) groups is 1. The van der Waals surface area contributed by atoms with Crippen molar-refractivity contribution in [1.82, 2.24) is 5.43 Å². The van der Waals surface area contributed by atoms with Crippen LogP contribution in [0.5, 0.6) is 0 Å². The Morgan fingerprint density at radius 1 is 1.39 bits per heavy atom. The number of thiocarbonyl (C=S) groups is 1. The van der Waals surface area contributed by atoms with Crippen LogP contribution in [-0.2, 0) is 4.87 Å². The third kappa shape index (κ3) is 3.92. The van der Waals surface area contributed by atoms with Crippen LogP contribution in [0.3, 0.4) is 0 Å². The molecule has 1 heterocycles. The minimum absolute atomic E-state index is 0.00272. The van der Waals surface area contributed by atoms with Gasteiger partial charge in [0, 0.05) is 33.9 Å². The summed E-state index contributed by atoms with van der Waals surface area (Å²) in [6, 6.07) is 9.62. The van der Waals surface area contributed by atoms with Gasteiger partial charge in [-0.15, -0.1) is 23.4 Å². The van der Waals surface area contributed by atoms with Gasteiger partial charge in [0.15, 0.2) is 5.11 Å². The lowest BCUT2D eigenvalue weighted by Crippen LogP contribution is -2.38. The molecule has 2 aromatic rings. The summed E-state index contributed by atoms with van der Waals surface area (Å²) in [6.07, 6.45) is 1.55. The van der Waals surface area contributed by atoms with Crippen molar-refractivity contribution in [3.8, 4) is 0 Å². The zero-order valence-electron chi connectivity index (χ0n) is 14.1. The van der Waals surface area contributed by atoms with Crippen LogP contribution in [0.1, 0.15) is 11.1 Å². The van der Waals surface area contributed by atoms with Crippen molar-refractivity contribution in [2.75, 3.05) is 5.75 Å². The molecule has 2 unspecified atom stereocenters. The predicted molar refractivity (Wildman–Crippen MR) is 119 cm³/mol. The van der Waals surface area contributed by atoms with Crippen LogP contribution >= 0.6 is 58.8 Å². The van der Waals surface area contributed by atoms with E-state index in [-0.39, 0.29) is 10.8 Å². The Balaban J connectivity index is 2.26. The summed E-state index contributed by atoms with van der Waals surface area (Å²) in [7, 11) is 0. The number of halogens is 3. The van der Waals surface area contributed by atoms with E-state index in [1.165, 1.54) is 17.8 Å². The van der Waals surface area contributed by atoms with Crippen molar-refractivity contribution in [1.29, 1.82) is 0 Å². The highest BCUT2D eigenvalue weighted by atomic mass is 35.5. The molecule has 0 bridgehead atoms. The maximum Gasteiger partial charge on any atom is 0.274 e. The molecule has 0 fully saturated rings. The zero-order chi connectivity index (χ0) is 20.5. The average molecular weight is 476 g/mol. The first-order valence-corrected chi connectivity index (χ1v) is 10.4. The summed E-state index contributed by atoms with van der Waals surface area (Å²) < 4.78 is 0. The van der Waals surface area contributed by atoms with E-state index in [0.29, 0.717) is 26.9 Å². The standard InChI is InChI=1S/C17H13Cl3N4O2S2/c18-10-5-12-15(13(19)6-10)28-8-9(7-22-23-16(21)27)17(12,20)11-3-1-2-4-14(11)24(25)26/h1-7,9H,8H2,(H3,21,23,27). The number of hydrazone groups is 1. The molecule has 0 spiro atoms. The van der Waals surface area contributed by atoms with E-state index in [1.807, 2.05) is 0 Å². The van der Waals surface area contributed by atoms with Gasteiger partial charge in [-0.05, 0) is 36.0 Å². The lowest BCUT2D eigenvalue weighted by molar-refractivity contribution is -0.385. The maximum atomic E-state index is 11.7. The molecule has 2 aromatic carbocycles. The summed E-state index contributed by atoms with van der Waals surface area (Å²) in [5, 5.41) is 16.5. The van der Waals surface area contributed by atoms with Gasteiger partial charge < -0.3 is 5.73 Å². The fourth-order valence-corrected chi connectivity index (χ4v) is 5.64. The summed E-state index contributed by atoms with van der Waals surface area (Å²) >= 11 is 26.0. The molecule has 0 saturated heterocycles. The van der Waals surface area contributed by atoms with Crippen molar-refractivity contribution in [3.05, 3.63) is 67.7 Å². The van der Waals surface area contributed by atoms with Gasteiger partial charge in [0.25, 0.3) is 5.69 Å². The van der Waals surface area contributed by atoms with Crippen LogP contribution in [0, 0.1) is 16.0 Å². The molecule has 1 aliphatic heterocycles. The summed E-state index contributed by atoms with van der Waals surface area (Å²) in [5.74, 6) is 0.0380. The van der Waals surface area contributed by atoms with E-state index in [2.05, 4.69) is 10.5 Å². The van der Waals surface area contributed by atoms with Gasteiger partial charge in [-0.25, -0.2) is 0 Å². The van der Waals surface area contributed by atoms with E-state index in [4.69, 9.17) is 52.8 Å². The number of nitro benzene ring substituents is 1. The highest BCUT2D eigenvalue weighted by molar-refractivity contribution is 7.99. The van der Waals surface area contributed by atoms with Gasteiger partial charge in [0.05, 0.1) is 15.5 Å². The van der Waals surface area contributed by atoms with Crippen LogP contribution in [0.4, 0.5) is 5.69 Å². The minimum Gasteiger partial charge on any atom is -0.375 e. The molecule has 0 radical (unpaired) electrons. The molecule has 2 atom stereocenters. The van der Waals surface area contributed by atoms with Gasteiger partial charge in [-0.2, -0.15) is 5.10 Å². The van der Waals surface area contributed by atoms with E-state index in [0.717, 1.165) is 4.90 Å². The van der Waals surface area contributed by atoms with E-state index < -0.39 is 15.7 Å². The lowest BCUT2D eigenvalue weighted by Gasteiger charge is -2.39. The molecule has 0 aliphatic carbocycles. The Kier molecular flexibility index (Phi) is 6.36. The van der Waals surface area contributed by atoms with Gasteiger partial charge in [0.1, 0.15) is 4.87 Å². The summed E-state index contributed by atoms with van der Waals surface area (Å²) in [6.45, 7) is 0. The third-order valence-corrected chi connectivity index (χ3v) is 6.90. The average Bonchev–Trinajstić information content (AvgIpc) is 2.63. The summed E-state index contributed by atoms with van der Waals surface area (Å²) in [4.78, 5) is 10.6. The van der Waals surface area contributed by atoms with Gasteiger partial charge in [0.2, 0.25) is 0 Å². The molecule has 0 aromatic heterocycles. The Labute approximate surface area is 185 Å². The molecular weight excluding hydrogens is 463 g/mol. The first-order chi connectivity index (χ1) is 13.2. The number of rotatable bonds is 4. The summed E-state index contributed by atoms with van der Waals surface area (Å²) in [5.41, 5.74) is 8.71. The number of hydrogen-bond acceptors (Lipinski definition) is 5. The topological polar surface area (TPSA) is 93.5 Å². The molecule has 6 nitrogen and oxygen atoms in total. The van der Waals surface area contributed by atoms with Crippen molar-refractivity contribution < 1.29 is 4.92 Å². The number of nitrogens with two attached hydrogens (primary N) is 1. The molecule has 3 N–H and O–H groups in total. The van der Waals surface area contributed by atoms with Crippen molar-refractivity contribution in [2.45, 2.75) is 9.77 Å². The number of hydrogen-bond donors (Lipinski definition) is 2. The second-order valence-electron chi connectivity index (χ2n) is 5.92. The van der Waals surface area contributed by atoms with Crippen LogP contribution in [0.15, 0.2) is 46.4 Å². The first kappa shape index (κ1) is 21.1. The molecular formula is C17H13Cl3N4O2S2. The Morgan fingerprint density at radius 2 is 2.11 bits per heavy atom. The van der Waals surface area contributed by atoms with Crippen LogP contribution in [-0.4, -0.2) is 22.0 Å². The maximum absolute atomic E-state index is 11.7. The van der Waals surface area contributed by atoms with Crippen LogP contribution < -0.4 is 11.2 Å². The number of nitro groups is 1. The van der Waals surface area contributed by atoms with E-state index in [1.54, 1.807) is 36.5 Å². The first-order valence-electron chi connectivity index (χ1n) is 7.89. The number of benzene rings is 2. The molecule has 146 valence electrons. The Hall–Kier alpha value is -1.58. The highest BCUT2D eigenvalue weighted by Crippen LogP contribution is 2.55.